The number of rotatable bonds is 0. The smallest absolute Gasteiger partial charge is 1.00 e. The zero-order valence-corrected chi connectivity index (χ0v) is 12.2. The van der Waals surface area contributed by atoms with Gasteiger partial charge in [0.05, 0.1) is 0 Å². The van der Waals surface area contributed by atoms with Crippen LogP contribution in [-0.4, -0.2) is 11.0 Å². The second kappa shape index (κ2) is 24.1. The largest absolute Gasteiger partial charge is 1.00 e. The molecule has 22 valence electrons. The zero-order valence-electron chi connectivity index (χ0n) is 7.00. The molecular formula is H7K2NaO2. The molecule has 0 rings (SSSR count). The molecule has 0 saturated carbocycles. The van der Waals surface area contributed by atoms with Crippen LogP contribution >= 0.6 is 0 Å². The number of hydrogen-bond acceptors (Lipinski definition) is 0. The van der Waals surface area contributed by atoms with E-state index in [4.69, 9.17) is 0 Å². The third-order valence-electron chi connectivity index (χ3n) is 0. The van der Waals surface area contributed by atoms with Gasteiger partial charge in [-0.1, -0.05) is 0 Å². The topological polar surface area (TPSA) is 63.0 Å². The van der Waals surface area contributed by atoms with Gasteiger partial charge in [0.1, 0.15) is 0 Å². The molecule has 5 heteroatoms. The van der Waals surface area contributed by atoms with Crippen molar-refractivity contribution in [3.05, 3.63) is 0 Å². The van der Waals surface area contributed by atoms with E-state index in [2.05, 4.69) is 0 Å². The van der Waals surface area contributed by atoms with Gasteiger partial charge in [-0.3, -0.25) is 0 Å². The van der Waals surface area contributed by atoms with Crippen LogP contribution in [0.3, 0.4) is 0 Å². The van der Waals surface area contributed by atoms with Crippen molar-refractivity contribution >= 4 is 0 Å². The maximum Gasteiger partial charge on any atom is 1.00 e. The van der Waals surface area contributed by atoms with Crippen LogP contribution in [0.5, 0.6) is 0 Å². The molecule has 0 atom stereocenters. The van der Waals surface area contributed by atoms with Crippen molar-refractivity contribution in [1.29, 1.82) is 0 Å². The van der Waals surface area contributed by atoms with E-state index in [9.17, 15) is 0 Å². The molecule has 0 amide bonds. The average molecular weight is 140 g/mol. The van der Waals surface area contributed by atoms with Crippen LogP contribution in [-0.2, 0) is 0 Å². The molecule has 0 radical (unpaired) electrons. The van der Waals surface area contributed by atoms with Gasteiger partial charge in [-0.05, 0) is 0 Å². The fourth-order valence-corrected chi connectivity index (χ4v) is 0. The SMILES string of the molecule is O.O.[H-].[H-].[H-].[K+].[K+].[Na+]. The van der Waals surface area contributed by atoms with Gasteiger partial charge in [0, 0.05) is 0 Å². The Kier molecular flexibility index (Phi) is 169. The summed E-state index contributed by atoms with van der Waals surface area (Å²) in [5.41, 5.74) is 0. The maximum atomic E-state index is 0. The second-order valence-electron chi connectivity index (χ2n) is 0. The van der Waals surface area contributed by atoms with Crippen molar-refractivity contribution in [3.8, 4) is 0 Å². The Morgan fingerprint density at radius 2 is 0.800 bits per heavy atom. The van der Waals surface area contributed by atoms with Crippen molar-refractivity contribution in [2.45, 2.75) is 0 Å². The van der Waals surface area contributed by atoms with Crippen LogP contribution in [0.2, 0.25) is 0 Å². The molecule has 0 aromatic carbocycles. The van der Waals surface area contributed by atoms with Crippen LogP contribution in [0.25, 0.3) is 0 Å². The molecule has 0 bridgehead atoms. The summed E-state index contributed by atoms with van der Waals surface area (Å²) in [6.07, 6.45) is 0. The Hall–Kier alpha value is 4.19. The van der Waals surface area contributed by atoms with Crippen LogP contribution in [0, 0.1) is 0 Å². The van der Waals surface area contributed by atoms with Gasteiger partial charge in [-0.25, -0.2) is 0 Å². The normalized spacial score (nSPS) is 0. The van der Waals surface area contributed by atoms with E-state index >= 15 is 0 Å². The van der Waals surface area contributed by atoms with Gasteiger partial charge < -0.3 is 15.2 Å². The third kappa shape index (κ3) is 17.9. The van der Waals surface area contributed by atoms with E-state index in [0.29, 0.717) is 0 Å². The van der Waals surface area contributed by atoms with E-state index < -0.39 is 0 Å². The molecule has 5 heavy (non-hydrogen) atoms. The molecular weight excluding hydrogens is 133 g/mol. The van der Waals surface area contributed by atoms with Crippen molar-refractivity contribution in [3.63, 3.8) is 0 Å². The van der Waals surface area contributed by atoms with Crippen LogP contribution in [0.4, 0.5) is 0 Å². The first-order valence-electron chi connectivity index (χ1n) is 0. The Morgan fingerprint density at radius 1 is 0.800 bits per heavy atom. The fraction of sp³-hybridized carbons (Fsp3) is 0. The first kappa shape index (κ1) is 35.1. The quantitative estimate of drug-likeness (QED) is 0.300. The molecule has 0 aromatic heterocycles. The molecule has 0 aromatic rings. The molecule has 0 unspecified atom stereocenters. The van der Waals surface area contributed by atoms with Gasteiger partial charge >= 0.3 is 132 Å². The predicted molar refractivity (Wildman–Crippen MR) is 10.6 cm³/mol. The van der Waals surface area contributed by atoms with Crippen molar-refractivity contribution in [2.75, 3.05) is 0 Å². The summed E-state index contributed by atoms with van der Waals surface area (Å²) < 4.78 is 0. The first-order valence-corrected chi connectivity index (χ1v) is 0. The molecule has 0 aliphatic carbocycles. The van der Waals surface area contributed by atoms with Crippen LogP contribution in [0.15, 0.2) is 0 Å². The summed E-state index contributed by atoms with van der Waals surface area (Å²) in [6, 6.07) is 0. The Labute approximate surface area is 143 Å². The van der Waals surface area contributed by atoms with E-state index in [1.54, 1.807) is 0 Å². The molecule has 0 fully saturated rings. The minimum absolute atomic E-state index is 0. The summed E-state index contributed by atoms with van der Waals surface area (Å²) in [6.45, 7) is 0. The second-order valence-corrected chi connectivity index (χ2v) is 0. The number of hydrogen-bond donors (Lipinski definition) is 0. The summed E-state index contributed by atoms with van der Waals surface area (Å²) in [4.78, 5) is 0. The predicted octanol–water partition coefficient (Wildman–Crippen LogP) is -10.3. The molecule has 0 heterocycles. The molecule has 4 N–H and O–H groups in total. The minimum Gasteiger partial charge on any atom is -1.00 e. The van der Waals surface area contributed by atoms with Crippen molar-refractivity contribution in [2.24, 2.45) is 0 Å². The van der Waals surface area contributed by atoms with E-state index in [1.165, 1.54) is 0 Å². The zero-order chi connectivity index (χ0) is 0. The van der Waals surface area contributed by atoms with Gasteiger partial charge in [0.15, 0.2) is 0 Å². The van der Waals surface area contributed by atoms with Gasteiger partial charge in [-0.15, -0.1) is 0 Å². The molecule has 0 aliphatic heterocycles. The van der Waals surface area contributed by atoms with Crippen molar-refractivity contribution < 1.29 is 148 Å². The van der Waals surface area contributed by atoms with E-state index in [-0.39, 0.29) is 148 Å². The Balaban J connectivity index is 0. The average Bonchev–Trinajstić information content (AvgIpc) is 0. The first-order chi connectivity index (χ1) is 0. The standard InChI is InChI=1S/2K.Na.2H2O.3H/h;;;2*1H2;;;/q3*+1;;;3*-1. The van der Waals surface area contributed by atoms with E-state index in [0.717, 1.165) is 0 Å². The summed E-state index contributed by atoms with van der Waals surface area (Å²) in [5, 5.41) is 0. The molecule has 0 spiro atoms. The molecule has 2 nitrogen and oxygen atoms in total. The van der Waals surface area contributed by atoms with Gasteiger partial charge in [-0.2, -0.15) is 0 Å². The van der Waals surface area contributed by atoms with Gasteiger partial charge in [0.2, 0.25) is 0 Å². The van der Waals surface area contributed by atoms with Crippen LogP contribution in [0.1, 0.15) is 4.28 Å². The summed E-state index contributed by atoms with van der Waals surface area (Å²) in [7, 11) is 0. The molecule has 0 aliphatic rings. The minimum atomic E-state index is 0. The van der Waals surface area contributed by atoms with E-state index in [1.807, 2.05) is 0 Å². The maximum absolute atomic E-state index is 0. The third-order valence-corrected chi connectivity index (χ3v) is 0. The molecule has 0 saturated heterocycles. The Morgan fingerprint density at radius 3 is 0.800 bits per heavy atom. The summed E-state index contributed by atoms with van der Waals surface area (Å²) >= 11 is 0. The van der Waals surface area contributed by atoms with Crippen LogP contribution < -0.4 is 132 Å². The summed E-state index contributed by atoms with van der Waals surface area (Å²) in [5.74, 6) is 0. The monoisotopic (exact) mass is 140 g/mol. The van der Waals surface area contributed by atoms with Crippen molar-refractivity contribution in [1.82, 2.24) is 0 Å². The van der Waals surface area contributed by atoms with Gasteiger partial charge in [0.25, 0.3) is 0 Å². The Bertz CT molecular complexity index is 15.2. The fourth-order valence-electron chi connectivity index (χ4n) is 0.